The predicted molar refractivity (Wildman–Crippen MR) is 162 cm³/mol. The molecule has 38 heavy (non-hydrogen) atoms. The molecule has 10 heteroatoms. The summed E-state index contributed by atoms with van der Waals surface area (Å²) in [6, 6.07) is 5.81. The van der Waals surface area contributed by atoms with Gasteiger partial charge in [-0.05, 0) is 38.4 Å². The van der Waals surface area contributed by atoms with Crippen molar-refractivity contribution in [2.45, 2.75) is 82.5 Å². The zero-order valence-electron chi connectivity index (χ0n) is 23.3. The summed E-state index contributed by atoms with van der Waals surface area (Å²) in [5.74, 6) is 2.13. The lowest BCUT2D eigenvalue weighted by molar-refractivity contribution is -0.145. The number of aromatic hydroxyl groups is 1. The molecule has 0 aliphatic carbocycles. The number of aliphatic hydroxyl groups excluding tert-OH is 1. The number of methoxy groups -OCH3 is 1. The van der Waals surface area contributed by atoms with E-state index in [0.717, 1.165) is 46.4 Å². The van der Waals surface area contributed by atoms with Gasteiger partial charge in [-0.1, -0.05) is 45.7 Å². The zero-order chi connectivity index (χ0) is 27.7. The van der Waals surface area contributed by atoms with Crippen LogP contribution < -0.4 is 0 Å². The van der Waals surface area contributed by atoms with Gasteiger partial charge in [0.05, 0.1) is 35.2 Å². The first-order valence-corrected chi connectivity index (χ1v) is 16.4. The first kappa shape index (κ1) is 29.8. The van der Waals surface area contributed by atoms with Crippen molar-refractivity contribution in [3.63, 3.8) is 0 Å². The van der Waals surface area contributed by atoms with Crippen molar-refractivity contribution in [3.05, 3.63) is 29.3 Å². The molecule has 2 N–H and O–H groups in total. The molecule has 3 aliphatic rings. The molecule has 5 atom stereocenters. The Labute approximate surface area is 239 Å². The molecule has 0 radical (unpaired) electrons. The summed E-state index contributed by atoms with van der Waals surface area (Å²) in [7, 11) is 3.46. The van der Waals surface area contributed by atoms with Gasteiger partial charge in [-0.2, -0.15) is 0 Å². The van der Waals surface area contributed by atoms with Gasteiger partial charge in [0.1, 0.15) is 10.8 Å². The Kier molecular flexibility index (Phi) is 9.50. The number of ether oxygens (including phenoxy) is 1. The number of likely N-dealkylation sites (N-methyl/N-ethyl adjacent to an activating group) is 1. The maximum atomic E-state index is 12.3. The number of rotatable bonds is 10. The van der Waals surface area contributed by atoms with Crippen molar-refractivity contribution < 1.29 is 19.7 Å². The number of esters is 1. The number of nitrogens with zero attached hydrogens (tertiary/aromatic N) is 3. The van der Waals surface area contributed by atoms with Gasteiger partial charge >= 0.3 is 5.97 Å². The van der Waals surface area contributed by atoms with E-state index >= 15 is 0 Å². The Morgan fingerprint density at radius 1 is 1.29 bits per heavy atom. The monoisotopic (exact) mass is 579 g/mol. The molecule has 1 aromatic carbocycles. The first-order chi connectivity index (χ1) is 18.0. The summed E-state index contributed by atoms with van der Waals surface area (Å²) in [4.78, 5) is 24.4. The van der Waals surface area contributed by atoms with Gasteiger partial charge in [-0.15, -0.1) is 35.3 Å². The van der Waals surface area contributed by atoms with Crippen molar-refractivity contribution in [3.8, 4) is 5.75 Å². The lowest BCUT2D eigenvalue weighted by atomic mass is 9.83. The maximum absolute atomic E-state index is 12.3. The van der Waals surface area contributed by atoms with E-state index in [-0.39, 0.29) is 23.4 Å². The number of hydrogen-bond acceptors (Lipinski definition) is 10. The Balaban J connectivity index is 1.48. The van der Waals surface area contributed by atoms with Gasteiger partial charge < -0.3 is 14.9 Å². The molecule has 1 aromatic rings. The van der Waals surface area contributed by atoms with E-state index in [4.69, 9.17) is 14.7 Å². The third-order valence-electron chi connectivity index (χ3n) is 7.88. The van der Waals surface area contributed by atoms with Crippen LogP contribution in [0.3, 0.4) is 0 Å². The van der Waals surface area contributed by atoms with Crippen molar-refractivity contribution in [2.24, 2.45) is 15.4 Å². The number of carbonyl (C=O) groups is 1. The molecule has 0 aromatic heterocycles. The normalized spacial score (nSPS) is 28.9. The molecular formula is C28H41N3O4S3. The average molecular weight is 580 g/mol. The predicted octanol–water partition coefficient (Wildman–Crippen LogP) is 4.82. The minimum Gasteiger partial charge on any atom is -0.507 e. The van der Waals surface area contributed by atoms with Gasteiger partial charge in [0.15, 0.2) is 5.54 Å². The molecule has 3 aliphatic heterocycles. The zero-order valence-corrected chi connectivity index (χ0v) is 25.7. The van der Waals surface area contributed by atoms with Gasteiger partial charge in [0.2, 0.25) is 0 Å². The lowest BCUT2D eigenvalue weighted by Crippen LogP contribution is -2.51. The Morgan fingerprint density at radius 2 is 2.05 bits per heavy atom. The Morgan fingerprint density at radius 3 is 2.76 bits per heavy atom. The second-order valence-electron chi connectivity index (χ2n) is 11.2. The quantitative estimate of drug-likeness (QED) is 0.301. The summed E-state index contributed by atoms with van der Waals surface area (Å²) in [6.45, 7) is 8.02. The average Bonchev–Trinajstić information content (AvgIpc) is 3.62. The van der Waals surface area contributed by atoms with Crippen LogP contribution in [0.4, 0.5) is 0 Å². The van der Waals surface area contributed by atoms with Crippen molar-refractivity contribution in [1.29, 1.82) is 0 Å². The summed E-state index contributed by atoms with van der Waals surface area (Å²) in [5.41, 5.74) is 0.549. The van der Waals surface area contributed by atoms with Crippen molar-refractivity contribution >= 4 is 51.3 Å². The largest absolute Gasteiger partial charge is 0.507 e. The number of hydrogen-bond donors (Lipinski definition) is 2. The maximum Gasteiger partial charge on any atom is 0.334 e. The number of benzene rings is 1. The van der Waals surface area contributed by atoms with Crippen LogP contribution in [0, 0.1) is 5.41 Å². The SMILES string of the molecule is CCCCCc1cccc(O)c1C1=N[C@@H]([C@H]2SC[C@@H]([C@@H](O)C(C)(C)C3=N[C@@](C)(C(=O)OC)CS3)N2C)CS1. The first-order valence-electron chi connectivity index (χ1n) is 13.4. The van der Waals surface area contributed by atoms with Crippen molar-refractivity contribution in [1.82, 2.24) is 4.90 Å². The number of phenolic OH excluding ortho intramolecular Hbond substituents is 1. The molecule has 0 bridgehead atoms. The highest BCUT2D eigenvalue weighted by Crippen LogP contribution is 2.44. The fourth-order valence-electron chi connectivity index (χ4n) is 5.36. The number of aliphatic hydroxyl groups is 1. The number of phenols is 1. The molecule has 4 rings (SSSR count). The molecular weight excluding hydrogens is 539 g/mol. The van der Waals surface area contributed by atoms with E-state index in [2.05, 4.69) is 24.9 Å². The molecule has 1 fully saturated rings. The second-order valence-corrected chi connectivity index (χ2v) is 14.3. The van der Waals surface area contributed by atoms with Crippen LogP contribution >= 0.6 is 35.3 Å². The van der Waals surface area contributed by atoms with E-state index in [0.29, 0.717) is 11.5 Å². The van der Waals surface area contributed by atoms with Gasteiger partial charge in [-0.3, -0.25) is 14.9 Å². The van der Waals surface area contributed by atoms with Gasteiger partial charge in [-0.25, -0.2) is 4.79 Å². The van der Waals surface area contributed by atoms with E-state index in [1.807, 2.05) is 31.7 Å². The number of aliphatic imine (C=N–C) groups is 2. The summed E-state index contributed by atoms with van der Waals surface area (Å²) in [6.07, 6.45) is 3.73. The smallest absolute Gasteiger partial charge is 0.334 e. The number of unbranched alkanes of at least 4 members (excludes halogenated alkanes) is 2. The van der Waals surface area contributed by atoms with Crippen LogP contribution in [0.25, 0.3) is 0 Å². The summed E-state index contributed by atoms with van der Waals surface area (Å²) in [5, 5.41) is 24.2. The topological polar surface area (TPSA) is 94.7 Å². The van der Waals surface area contributed by atoms with E-state index in [1.54, 1.807) is 24.8 Å². The molecule has 3 heterocycles. The van der Waals surface area contributed by atoms with Crippen LogP contribution in [0.2, 0.25) is 0 Å². The lowest BCUT2D eigenvalue weighted by Gasteiger charge is -2.38. The molecule has 0 spiro atoms. The highest BCUT2D eigenvalue weighted by atomic mass is 32.2. The van der Waals surface area contributed by atoms with E-state index in [9.17, 15) is 15.0 Å². The standard InChI is InChI=1S/C28H41N3O4S3/c1-7-8-9-11-17-12-10-13-20(32)21(17)23-29-18(14-36-23)24-31(5)19(15-37-24)22(33)27(2,3)25-30-28(4,16-38-25)26(34)35-6/h10,12-13,18-19,22,24,32-33H,7-9,11,14-16H2,1-6H3/t18-,19+,22-,24-,28-/m1/s1. The number of thioether (sulfide) groups is 3. The van der Waals surface area contributed by atoms with Crippen LogP contribution in [-0.2, 0) is 16.0 Å². The third-order valence-corrected chi connectivity index (χ3v) is 12.1. The highest BCUT2D eigenvalue weighted by molar-refractivity contribution is 8.15. The Bertz CT molecular complexity index is 1100. The van der Waals surface area contributed by atoms with Gasteiger partial charge in [0.25, 0.3) is 0 Å². The highest BCUT2D eigenvalue weighted by Gasteiger charge is 2.50. The van der Waals surface area contributed by atoms with Crippen LogP contribution in [0.5, 0.6) is 5.75 Å². The van der Waals surface area contributed by atoms with Crippen LogP contribution in [-0.4, -0.2) is 91.7 Å². The molecule has 210 valence electrons. The third kappa shape index (κ3) is 5.80. The number of carbonyl (C=O) groups excluding carboxylic acids is 1. The van der Waals surface area contributed by atoms with Crippen LogP contribution in [0.15, 0.2) is 28.2 Å². The fourth-order valence-corrected chi connectivity index (χ4v) is 9.60. The molecule has 1 saturated heterocycles. The number of aryl methyl sites for hydroxylation is 1. The molecule has 0 amide bonds. The summed E-state index contributed by atoms with van der Waals surface area (Å²) < 4.78 is 4.96. The molecule has 0 unspecified atom stereocenters. The second kappa shape index (κ2) is 12.1. The minimum absolute atomic E-state index is 0.0627. The van der Waals surface area contributed by atoms with E-state index < -0.39 is 17.1 Å². The van der Waals surface area contributed by atoms with E-state index in [1.165, 1.54) is 30.9 Å². The summed E-state index contributed by atoms with van der Waals surface area (Å²) >= 11 is 5.09. The minimum atomic E-state index is -0.908. The van der Waals surface area contributed by atoms with Gasteiger partial charge in [0, 0.05) is 28.7 Å². The fraction of sp³-hybridized carbons (Fsp3) is 0.679. The Hall–Kier alpha value is -1.20. The molecule has 0 saturated carbocycles. The molecule has 7 nitrogen and oxygen atoms in total. The van der Waals surface area contributed by atoms with Crippen molar-refractivity contribution in [2.75, 3.05) is 31.4 Å². The van der Waals surface area contributed by atoms with Crippen LogP contribution in [0.1, 0.15) is 58.1 Å².